The van der Waals surface area contributed by atoms with E-state index in [9.17, 15) is 4.79 Å². The minimum atomic E-state index is -1.82. The minimum absolute atomic E-state index is 0.154. The average molecular weight is 309 g/mol. The van der Waals surface area contributed by atoms with E-state index in [1.807, 2.05) is 30.3 Å². The molecule has 1 heterocycles. The summed E-state index contributed by atoms with van der Waals surface area (Å²) in [6, 6.07) is 10.2. The van der Waals surface area contributed by atoms with Crippen molar-refractivity contribution in [2.45, 2.75) is 31.4 Å². The van der Waals surface area contributed by atoms with Crippen molar-refractivity contribution >= 4 is 18.4 Å². The highest BCUT2D eigenvalue weighted by Crippen LogP contribution is 2.25. The number of piperidine rings is 1. The Hall–Kier alpha value is -2.41. The normalized spacial score (nSPS) is 18.3. The Kier molecular flexibility index (Phi) is 7.63. The van der Waals surface area contributed by atoms with Crippen LogP contribution < -0.4 is 5.32 Å². The number of carboxylic acids is 2. The first kappa shape index (κ1) is 17.6. The molecule has 0 aliphatic carbocycles. The summed E-state index contributed by atoms with van der Waals surface area (Å²) in [7, 11) is 0. The van der Waals surface area contributed by atoms with Gasteiger partial charge in [-0.3, -0.25) is 4.79 Å². The zero-order valence-corrected chi connectivity index (χ0v) is 12.0. The summed E-state index contributed by atoms with van der Waals surface area (Å²) >= 11 is 0. The van der Waals surface area contributed by atoms with Crippen LogP contribution in [0.4, 0.5) is 0 Å². The Labute approximate surface area is 127 Å². The maximum atomic E-state index is 10.6. The molecule has 0 saturated carbocycles. The molecule has 3 N–H and O–H groups in total. The molecule has 7 nitrogen and oxygen atoms in total. The molecule has 1 aliphatic rings. The minimum Gasteiger partial charge on any atom is -0.473 e. The van der Waals surface area contributed by atoms with Crippen LogP contribution in [0.15, 0.2) is 30.3 Å². The van der Waals surface area contributed by atoms with Crippen molar-refractivity contribution in [2.24, 2.45) is 0 Å². The van der Waals surface area contributed by atoms with E-state index in [0.717, 1.165) is 18.5 Å². The summed E-state index contributed by atoms with van der Waals surface area (Å²) in [6.07, 6.45) is 3.31. The van der Waals surface area contributed by atoms with Crippen LogP contribution in [-0.4, -0.2) is 41.2 Å². The van der Waals surface area contributed by atoms with Gasteiger partial charge in [-0.1, -0.05) is 36.8 Å². The fraction of sp³-hybridized carbons (Fsp3) is 0.400. The van der Waals surface area contributed by atoms with Gasteiger partial charge in [0.15, 0.2) is 0 Å². The summed E-state index contributed by atoms with van der Waals surface area (Å²) in [5.41, 5.74) is 1.06. The predicted molar refractivity (Wildman–Crippen MR) is 77.2 cm³/mol. The number of carboxylic acid groups (broad SMARTS) is 2. The number of ether oxygens (including phenoxy) is 1. The second-order valence-electron chi connectivity index (χ2n) is 4.73. The number of aliphatic carboxylic acids is 2. The second kappa shape index (κ2) is 9.51. The smallest absolute Gasteiger partial charge is 0.414 e. The molecule has 7 heteroatoms. The standard InChI is InChI=1S/C13H17NO2.C2H2O4/c15-10-16-13(11-6-2-1-3-7-11)12-8-4-5-9-14-12;3-1(4)2(5)6/h1-3,6-7,10,12-14H,4-5,8-9H2;(H,3,4)(H,5,6). The third kappa shape index (κ3) is 5.92. The van der Waals surface area contributed by atoms with Gasteiger partial charge in [0.1, 0.15) is 6.10 Å². The summed E-state index contributed by atoms with van der Waals surface area (Å²) in [6.45, 7) is 1.56. The van der Waals surface area contributed by atoms with Gasteiger partial charge in [0.2, 0.25) is 0 Å². The number of nitrogens with one attached hydrogen (secondary N) is 1. The van der Waals surface area contributed by atoms with Crippen LogP contribution in [0.2, 0.25) is 0 Å². The van der Waals surface area contributed by atoms with E-state index < -0.39 is 11.9 Å². The summed E-state index contributed by atoms with van der Waals surface area (Å²) in [5, 5.41) is 18.2. The largest absolute Gasteiger partial charge is 0.473 e. The molecule has 1 aliphatic heterocycles. The molecule has 1 fully saturated rings. The highest BCUT2D eigenvalue weighted by Gasteiger charge is 2.25. The van der Waals surface area contributed by atoms with Gasteiger partial charge in [0.25, 0.3) is 6.47 Å². The van der Waals surface area contributed by atoms with Gasteiger partial charge in [-0.15, -0.1) is 0 Å². The third-order valence-electron chi connectivity index (χ3n) is 3.23. The van der Waals surface area contributed by atoms with Crippen molar-refractivity contribution in [3.05, 3.63) is 35.9 Å². The molecule has 1 aromatic rings. The van der Waals surface area contributed by atoms with E-state index in [-0.39, 0.29) is 12.1 Å². The molecule has 2 unspecified atom stereocenters. The van der Waals surface area contributed by atoms with E-state index in [1.165, 1.54) is 12.8 Å². The van der Waals surface area contributed by atoms with E-state index in [0.29, 0.717) is 6.47 Å². The molecule has 1 aromatic carbocycles. The number of benzene rings is 1. The number of carbonyl (C=O) groups is 3. The molecule has 0 amide bonds. The third-order valence-corrected chi connectivity index (χ3v) is 3.23. The quantitative estimate of drug-likeness (QED) is 0.565. The van der Waals surface area contributed by atoms with Crippen molar-refractivity contribution in [3.63, 3.8) is 0 Å². The van der Waals surface area contributed by atoms with Crippen LogP contribution in [-0.2, 0) is 19.1 Å². The topological polar surface area (TPSA) is 113 Å². The van der Waals surface area contributed by atoms with Crippen molar-refractivity contribution in [2.75, 3.05) is 6.54 Å². The number of carbonyl (C=O) groups excluding carboxylic acids is 1. The SMILES string of the molecule is O=C(O)C(=O)O.O=COC(c1ccccc1)C1CCCCN1. The zero-order chi connectivity index (χ0) is 16.4. The molecule has 0 bridgehead atoms. The Morgan fingerprint density at radius 1 is 1.18 bits per heavy atom. The lowest BCUT2D eigenvalue weighted by Gasteiger charge is -2.30. The van der Waals surface area contributed by atoms with Crippen LogP contribution in [0.25, 0.3) is 0 Å². The van der Waals surface area contributed by atoms with Crippen LogP contribution in [0.1, 0.15) is 30.9 Å². The zero-order valence-electron chi connectivity index (χ0n) is 12.0. The molecular formula is C15H19NO6. The first-order valence-corrected chi connectivity index (χ1v) is 6.90. The summed E-state index contributed by atoms with van der Waals surface area (Å²) in [4.78, 5) is 28.8. The maximum absolute atomic E-state index is 10.6. The van der Waals surface area contributed by atoms with Gasteiger partial charge in [0, 0.05) is 6.04 Å². The molecule has 0 spiro atoms. The Balaban J connectivity index is 0.000000346. The lowest BCUT2D eigenvalue weighted by atomic mass is 9.95. The van der Waals surface area contributed by atoms with Gasteiger partial charge in [-0.05, 0) is 24.9 Å². The van der Waals surface area contributed by atoms with E-state index >= 15 is 0 Å². The molecule has 2 rings (SSSR count). The highest BCUT2D eigenvalue weighted by atomic mass is 16.5. The van der Waals surface area contributed by atoms with Crippen molar-refractivity contribution in [1.82, 2.24) is 5.32 Å². The number of rotatable bonds is 4. The first-order chi connectivity index (χ1) is 10.6. The van der Waals surface area contributed by atoms with Crippen molar-refractivity contribution in [3.8, 4) is 0 Å². The molecule has 22 heavy (non-hydrogen) atoms. The number of hydrogen-bond donors (Lipinski definition) is 3. The lowest BCUT2D eigenvalue weighted by Crippen LogP contribution is -2.39. The van der Waals surface area contributed by atoms with Crippen LogP contribution in [0.3, 0.4) is 0 Å². The van der Waals surface area contributed by atoms with Gasteiger partial charge >= 0.3 is 11.9 Å². The summed E-state index contributed by atoms with van der Waals surface area (Å²) in [5.74, 6) is -3.65. The second-order valence-corrected chi connectivity index (χ2v) is 4.73. The van der Waals surface area contributed by atoms with Crippen LogP contribution in [0.5, 0.6) is 0 Å². The van der Waals surface area contributed by atoms with Gasteiger partial charge in [0.05, 0.1) is 0 Å². The van der Waals surface area contributed by atoms with E-state index in [2.05, 4.69) is 5.32 Å². The first-order valence-electron chi connectivity index (χ1n) is 6.90. The summed E-state index contributed by atoms with van der Waals surface area (Å²) < 4.78 is 5.22. The number of hydrogen-bond acceptors (Lipinski definition) is 5. The Morgan fingerprint density at radius 2 is 1.82 bits per heavy atom. The van der Waals surface area contributed by atoms with Crippen LogP contribution >= 0.6 is 0 Å². The molecule has 0 aromatic heterocycles. The van der Waals surface area contributed by atoms with Gasteiger partial charge in [-0.25, -0.2) is 9.59 Å². The van der Waals surface area contributed by atoms with E-state index in [4.69, 9.17) is 24.5 Å². The molecular weight excluding hydrogens is 290 g/mol. The fourth-order valence-electron chi connectivity index (χ4n) is 2.25. The highest BCUT2D eigenvalue weighted by molar-refractivity contribution is 6.27. The molecule has 120 valence electrons. The van der Waals surface area contributed by atoms with Gasteiger partial charge in [-0.2, -0.15) is 0 Å². The predicted octanol–water partition coefficient (Wildman–Crippen LogP) is 1.20. The molecule has 2 atom stereocenters. The van der Waals surface area contributed by atoms with Crippen LogP contribution in [0, 0.1) is 0 Å². The van der Waals surface area contributed by atoms with E-state index in [1.54, 1.807) is 0 Å². The lowest BCUT2D eigenvalue weighted by molar-refractivity contribution is -0.159. The maximum Gasteiger partial charge on any atom is 0.414 e. The Bertz CT molecular complexity index is 472. The fourth-order valence-corrected chi connectivity index (χ4v) is 2.25. The molecule has 1 saturated heterocycles. The average Bonchev–Trinajstić information content (AvgIpc) is 2.55. The van der Waals surface area contributed by atoms with Gasteiger partial charge < -0.3 is 20.3 Å². The Morgan fingerprint density at radius 3 is 2.27 bits per heavy atom. The van der Waals surface area contributed by atoms with Crippen molar-refractivity contribution < 1.29 is 29.3 Å². The monoisotopic (exact) mass is 309 g/mol. The van der Waals surface area contributed by atoms with Crippen molar-refractivity contribution in [1.29, 1.82) is 0 Å². The molecule has 0 radical (unpaired) electrons.